The zero-order valence-corrected chi connectivity index (χ0v) is 14.7. The van der Waals surface area contributed by atoms with Crippen LogP contribution in [0.3, 0.4) is 0 Å². The molecule has 0 aliphatic carbocycles. The first-order chi connectivity index (χ1) is 12.8. The molecule has 2 aromatic rings. The SMILES string of the molecule is CCCOc1ccc(C(=CC=CC(=O)O)c2ccc(C(F)(F)F)cc2)cc1. The fraction of sp³-hybridized carbons (Fsp3) is 0.190. The zero-order chi connectivity index (χ0) is 19.9. The van der Waals surface area contributed by atoms with Crippen molar-refractivity contribution in [1.29, 1.82) is 0 Å². The van der Waals surface area contributed by atoms with E-state index in [0.29, 0.717) is 23.5 Å². The molecule has 27 heavy (non-hydrogen) atoms. The Balaban J connectivity index is 2.38. The van der Waals surface area contributed by atoms with E-state index in [0.717, 1.165) is 30.2 Å². The van der Waals surface area contributed by atoms with E-state index in [1.54, 1.807) is 30.3 Å². The standard InChI is InChI=1S/C21H19F3O3/c1-2-14-27-18-12-8-16(9-13-18)19(4-3-5-20(25)26)15-6-10-17(11-7-15)21(22,23)24/h3-13H,2,14H2,1H3,(H,25,26). The minimum Gasteiger partial charge on any atom is -0.494 e. The Labute approximate surface area is 155 Å². The first kappa shape index (κ1) is 20.3. The summed E-state index contributed by atoms with van der Waals surface area (Å²) in [5.41, 5.74) is 1.13. The number of ether oxygens (including phenoxy) is 1. The van der Waals surface area contributed by atoms with Crippen molar-refractivity contribution in [2.45, 2.75) is 19.5 Å². The number of allylic oxidation sites excluding steroid dienone is 2. The molecule has 0 saturated carbocycles. The van der Waals surface area contributed by atoms with E-state index in [1.165, 1.54) is 18.2 Å². The number of rotatable bonds is 7. The number of halogens is 3. The zero-order valence-electron chi connectivity index (χ0n) is 14.7. The summed E-state index contributed by atoms with van der Waals surface area (Å²) < 4.78 is 43.9. The Morgan fingerprint density at radius 1 is 1.04 bits per heavy atom. The summed E-state index contributed by atoms with van der Waals surface area (Å²) in [4.78, 5) is 10.7. The number of aliphatic carboxylic acids is 1. The van der Waals surface area contributed by atoms with Gasteiger partial charge in [0.1, 0.15) is 5.75 Å². The van der Waals surface area contributed by atoms with Gasteiger partial charge in [-0.2, -0.15) is 13.2 Å². The number of benzene rings is 2. The molecule has 0 spiro atoms. The molecule has 0 heterocycles. The molecule has 0 unspecified atom stereocenters. The van der Waals surface area contributed by atoms with E-state index in [1.807, 2.05) is 6.92 Å². The third-order valence-corrected chi connectivity index (χ3v) is 3.66. The van der Waals surface area contributed by atoms with Gasteiger partial charge < -0.3 is 9.84 Å². The van der Waals surface area contributed by atoms with Crippen molar-refractivity contribution in [2.75, 3.05) is 6.61 Å². The van der Waals surface area contributed by atoms with Gasteiger partial charge in [0.25, 0.3) is 0 Å². The Hall–Kier alpha value is -3.02. The van der Waals surface area contributed by atoms with Crippen molar-refractivity contribution in [3.05, 3.63) is 83.4 Å². The number of carbonyl (C=O) groups is 1. The molecule has 0 radical (unpaired) electrons. The first-order valence-corrected chi connectivity index (χ1v) is 8.33. The number of hydrogen-bond donors (Lipinski definition) is 1. The largest absolute Gasteiger partial charge is 0.494 e. The van der Waals surface area contributed by atoms with Crippen LogP contribution in [0.4, 0.5) is 13.2 Å². The minimum absolute atomic E-state index is 0.542. The molecule has 0 aliphatic heterocycles. The summed E-state index contributed by atoms with van der Waals surface area (Å²) in [6.45, 7) is 2.58. The van der Waals surface area contributed by atoms with E-state index in [2.05, 4.69) is 0 Å². The quantitative estimate of drug-likeness (QED) is 0.508. The normalized spacial score (nSPS) is 12.4. The Bertz CT molecular complexity index is 817. The third-order valence-electron chi connectivity index (χ3n) is 3.66. The van der Waals surface area contributed by atoms with Crippen molar-refractivity contribution < 1.29 is 27.8 Å². The van der Waals surface area contributed by atoms with Gasteiger partial charge in [-0.15, -0.1) is 0 Å². The fourth-order valence-corrected chi connectivity index (χ4v) is 2.38. The van der Waals surface area contributed by atoms with Crippen molar-refractivity contribution in [3.63, 3.8) is 0 Å². The molecule has 0 fully saturated rings. The van der Waals surface area contributed by atoms with Crippen molar-refractivity contribution >= 4 is 11.5 Å². The molecule has 6 heteroatoms. The third kappa shape index (κ3) is 6.02. The van der Waals surface area contributed by atoms with Crippen LogP contribution in [0, 0.1) is 0 Å². The second-order valence-electron chi connectivity index (χ2n) is 5.73. The summed E-state index contributed by atoms with van der Waals surface area (Å²) in [6.07, 6.45) is 0.320. The van der Waals surface area contributed by atoms with Crippen LogP contribution in [-0.2, 0) is 11.0 Å². The van der Waals surface area contributed by atoms with Gasteiger partial charge in [0, 0.05) is 6.08 Å². The first-order valence-electron chi connectivity index (χ1n) is 8.33. The van der Waals surface area contributed by atoms with Gasteiger partial charge in [-0.05, 0) is 47.4 Å². The summed E-state index contributed by atoms with van der Waals surface area (Å²) in [7, 11) is 0. The minimum atomic E-state index is -4.41. The second-order valence-corrected chi connectivity index (χ2v) is 5.73. The molecule has 0 saturated heterocycles. The van der Waals surface area contributed by atoms with Crippen molar-refractivity contribution in [2.24, 2.45) is 0 Å². The number of alkyl halides is 3. The summed E-state index contributed by atoms with van der Waals surface area (Å²) in [5.74, 6) is -0.421. The van der Waals surface area contributed by atoms with Crippen molar-refractivity contribution in [3.8, 4) is 5.75 Å². The lowest BCUT2D eigenvalue weighted by molar-refractivity contribution is -0.137. The molecule has 0 atom stereocenters. The van der Waals surface area contributed by atoms with Gasteiger partial charge in [-0.1, -0.05) is 43.3 Å². The second kappa shape index (κ2) is 9.07. The molecule has 0 amide bonds. The lowest BCUT2D eigenvalue weighted by Crippen LogP contribution is -2.04. The highest BCUT2D eigenvalue weighted by atomic mass is 19.4. The van der Waals surface area contributed by atoms with Crippen molar-refractivity contribution in [1.82, 2.24) is 0 Å². The highest BCUT2D eigenvalue weighted by Crippen LogP contribution is 2.32. The number of carboxylic acids is 1. The van der Waals surface area contributed by atoms with Crippen LogP contribution in [0.1, 0.15) is 30.0 Å². The van der Waals surface area contributed by atoms with Crippen LogP contribution < -0.4 is 4.74 Å². The molecule has 0 bridgehead atoms. The van der Waals surface area contributed by atoms with Gasteiger partial charge in [-0.25, -0.2) is 4.79 Å². The smallest absolute Gasteiger partial charge is 0.416 e. The number of hydrogen-bond acceptors (Lipinski definition) is 2. The van der Waals surface area contributed by atoms with Crippen LogP contribution in [0.15, 0.2) is 66.8 Å². The highest BCUT2D eigenvalue weighted by Gasteiger charge is 2.30. The molecule has 3 nitrogen and oxygen atoms in total. The maximum atomic E-state index is 12.8. The van der Waals surface area contributed by atoms with Gasteiger partial charge in [0.05, 0.1) is 12.2 Å². The molecular formula is C21H19F3O3. The van der Waals surface area contributed by atoms with Crippen LogP contribution >= 0.6 is 0 Å². The van der Waals surface area contributed by atoms with Gasteiger partial charge in [0.15, 0.2) is 0 Å². The van der Waals surface area contributed by atoms with Crippen LogP contribution in [0.2, 0.25) is 0 Å². The molecule has 2 aromatic carbocycles. The fourth-order valence-electron chi connectivity index (χ4n) is 2.38. The molecule has 2 rings (SSSR count). The molecule has 0 aliphatic rings. The molecule has 1 N–H and O–H groups in total. The Morgan fingerprint density at radius 2 is 1.59 bits per heavy atom. The predicted molar refractivity (Wildman–Crippen MR) is 97.5 cm³/mol. The lowest BCUT2D eigenvalue weighted by Gasteiger charge is -2.12. The summed E-state index contributed by atoms with van der Waals surface area (Å²) in [6, 6.07) is 11.8. The van der Waals surface area contributed by atoms with Crippen LogP contribution in [-0.4, -0.2) is 17.7 Å². The molecule has 0 aromatic heterocycles. The molecular weight excluding hydrogens is 357 g/mol. The maximum Gasteiger partial charge on any atom is 0.416 e. The van der Waals surface area contributed by atoms with Crippen LogP contribution in [0.25, 0.3) is 5.57 Å². The van der Waals surface area contributed by atoms with Gasteiger partial charge in [-0.3, -0.25) is 0 Å². The van der Waals surface area contributed by atoms with Crippen LogP contribution in [0.5, 0.6) is 5.75 Å². The summed E-state index contributed by atoms with van der Waals surface area (Å²) in [5, 5.41) is 8.75. The molecule has 142 valence electrons. The monoisotopic (exact) mass is 376 g/mol. The van der Waals surface area contributed by atoms with E-state index >= 15 is 0 Å². The lowest BCUT2D eigenvalue weighted by atomic mass is 9.96. The Morgan fingerprint density at radius 3 is 2.07 bits per heavy atom. The van der Waals surface area contributed by atoms with Gasteiger partial charge >= 0.3 is 12.1 Å². The van der Waals surface area contributed by atoms with Gasteiger partial charge in [0.2, 0.25) is 0 Å². The van der Waals surface area contributed by atoms with E-state index in [4.69, 9.17) is 9.84 Å². The average Bonchev–Trinajstić information content (AvgIpc) is 2.63. The highest BCUT2D eigenvalue weighted by molar-refractivity contribution is 5.84. The van der Waals surface area contributed by atoms with E-state index < -0.39 is 17.7 Å². The average molecular weight is 376 g/mol. The number of carboxylic acid groups (broad SMARTS) is 1. The predicted octanol–water partition coefficient (Wildman–Crippen LogP) is 5.57. The topological polar surface area (TPSA) is 46.5 Å². The van der Waals surface area contributed by atoms with E-state index in [9.17, 15) is 18.0 Å². The van der Waals surface area contributed by atoms with E-state index in [-0.39, 0.29) is 0 Å². The Kier molecular flexibility index (Phi) is 6.82. The maximum absolute atomic E-state index is 12.8. The summed E-state index contributed by atoms with van der Waals surface area (Å²) >= 11 is 0.